The molecule has 0 aliphatic rings. The zero-order valence-corrected chi connectivity index (χ0v) is 8.76. The molecule has 0 saturated heterocycles. The molecule has 0 aliphatic carbocycles. The number of rotatable bonds is 6. The Morgan fingerprint density at radius 3 is 2.33 bits per heavy atom. The van der Waals surface area contributed by atoms with Gasteiger partial charge in [0, 0.05) is 13.6 Å². The first-order valence-corrected chi connectivity index (χ1v) is 4.73. The summed E-state index contributed by atoms with van der Waals surface area (Å²) >= 11 is 0. The number of hydrogen-bond donors (Lipinski definition) is 0. The second-order valence-corrected chi connectivity index (χ2v) is 3.93. The lowest BCUT2D eigenvalue weighted by Gasteiger charge is -2.31. The first-order valence-electron chi connectivity index (χ1n) is 4.73. The summed E-state index contributed by atoms with van der Waals surface area (Å²) in [5, 5.41) is 0. The predicted octanol–water partition coefficient (Wildman–Crippen LogP) is 2.29. The largest absolute Gasteiger partial charge is 0.348 e. The minimum absolute atomic E-state index is 0.310. The predicted molar refractivity (Wildman–Crippen MR) is 52.0 cm³/mol. The van der Waals surface area contributed by atoms with E-state index in [0.717, 1.165) is 19.4 Å². The lowest BCUT2D eigenvalue weighted by atomic mass is 9.82. The molecule has 1 unspecified atom stereocenters. The van der Waals surface area contributed by atoms with Crippen molar-refractivity contribution in [2.24, 2.45) is 5.41 Å². The van der Waals surface area contributed by atoms with Crippen molar-refractivity contribution >= 4 is 6.41 Å². The quantitative estimate of drug-likeness (QED) is 0.561. The Kier molecular flexibility index (Phi) is 4.95. The molecular formula is C10H21NO. The van der Waals surface area contributed by atoms with E-state index in [2.05, 4.69) is 20.8 Å². The van der Waals surface area contributed by atoms with Crippen molar-refractivity contribution in [1.29, 1.82) is 0 Å². The molecule has 1 atom stereocenters. The van der Waals surface area contributed by atoms with Crippen LogP contribution in [0.25, 0.3) is 0 Å². The smallest absolute Gasteiger partial charge is 0.209 e. The number of carbonyl (C=O) groups excluding carboxylic acids is 1. The van der Waals surface area contributed by atoms with Crippen LogP contribution >= 0.6 is 0 Å². The van der Waals surface area contributed by atoms with Gasteiger partial charge in [-0.05, 0) is 18.3 Å². The number of amides is 1. The lowest BCUT2D eigenvalue weighted by Crippen LogP contribution is -2.32. The molecule has 0 aromatic rings. The highest BCUT2D eigenvalue weighted by molar-refractivity contribution is 5.46. The average Bonchev–Trinajstić information content (AvgIpc) is 2.05. The Hall–Kier alpha value is -0.530. The van der Waals surface area contributed by atoms with Gasteiger partial charge in [-0.2, -0.15) is 0 Å². The normalized spacial score (nSPS) is 15.3. The molecule has 0 spiro atoms. The van der Waals surface area contributed by atoms with Crippen LogP contribution in [-0.2, 0) is 4.79 Å². The minimum Gasteiger partial charge on any atom is -0.348 e. The van der Waals surface area contributed by atoms with Gasteiger partial charge in [-0.1, -0.05) is 27.2 Å². The molecule has 0 aromatic carbocycles. The Morgan fingerprint density at radius 2 is 2.00 bits per heavy atom. The van der Waals surface area contributed by atoms with E-state index in [4.69, 9.17) is 0 Å². The topological polar surface area (TPSA) is 20.3 Å². The SMILES string of the molecule is CCCC(C)(CC)CN(C)C=O. The van der Waals surface area contributed by atoms with Gasteiger partial charge >= 0.3 is 0 Å². The minimum atomic E-state index is 0.310. The van der Waals surface area contributed by atoms with E-state index >= 15 is 0 Å². The van der Waals surface area contributed by atoms with Crippen LogP contribution in [0.3, 0.4) is 0 Å². The fourth-order valence-corrected chi connectivity index (χ4v) is 1.61. The van der Waals surface area contributed by atoms with E-state index in [-0.39, 0.29) is 0 Å². The van der Waals surface area contributed by atoms with E-state index in [1.54, 1.807) is 4.90 Å². The van der Waals surface area contributed by atoms with Crippen LogP contribution in [-0.4, -0.2) is 24.9 Å². The molecular weight excluding hydrogens is 150 g/mol. The van der Waals surface area contributed by atoms with Gasteiger partial charge in [0.1, 0.15) is 0 Å². The monoisotopic (exact) mass is 171 g/mol. The number of hydrogen-bond acceptors (Lipinski definition) is 1. The van der Waals surface area contributed by atoms with E-state index in [0.29, 0.717) is 5.41 Å². The van der Waals surface area contributed by atoms with Gasteiger partial charge in [0.2, 0.25) is 6.41 Å². The van der Waals surface area contributed by atoms with Crippen molar-refractivity contribution < 1.29 is 4.79 Å². The Morgan fingerprint density at radius 1 is 1.42 bits per heavy atom. The van der Waals surface area contributed by atoms with Crippen molar-refractivity contribution in [2.75, 3.05) is 13.6 Å². The maximum Gasteiger partial charge on any atom is 0.209 e. The second-order valence-electron chi connectivity index (χ2n) is 3.93. The first kappa shape index (κ1) is 11.5. The van der Waals surface area contributed by atoms with Crippen LogP contribution in [0.2, 0.25) is 0 Å². The van der Waals surface area contributed by atoms with Gasteiger partial charge in [-0.25, -0.2) is 0 Å². The van der Waals surface area contributed by atoms with Crippen LogP contribution in [0.15, 0.2) is 0 Å². The molecule has 72 valence electrons. The summed E-state index contributed by atoms with van der Waals surface area (Å²) in [7, 11) is 1.84. The summed E-state index contributed by atoms with van der Waals surface area (Å²) in [4.78, 5) is 12.2. The Labute approximate surface area is 75.9 Å². The van der Waals surface area contributed by atoms with Crippen molar-refractivity contribution in [3.8, 4) is 0 Å². The molecule has 0 aromatic heterocycles. The van der Waals surface area contributed by atoms with Crippen molar-refractivity contribution in [3.63, 3.8) is 0 Å². The molecule has 0 saturated carbocycles. The molecule has 0 N–H and O–H groups in total. The third-order valence-electron chi connectivity index (χ3n) is 2.52. The summed E-state index contributed by atoms with van der Waals surface area (Å²) in [5.41, 5.74) is 0.310. The maximum absolute atomic E-state index is 10.4. The highest BCUT2D eigenvalue weighted by atomic mass is 16.1. The van der Waals surface area contributed by atoms with E-state index in [1.807, 2.05) is 7.05 Å². The highest BCUT2D eigenvalue weighted by Gasteiger charge is 2.22. The third-order valence-corrected chi connectivity index (χ3v) is 2.52. The fourth-order valence-electron chi connectivity index (χ4n) is 1.61. The molecule has 0 heterocycles. The maximum atomic E-state index is 10.4. The van der Waals surface area contributed by atoms with Crippen molar-refractivity contribution in [3.05, 3.63) is 0 Å². The van der Waals surface area contributed by atoms with Gasteiger partial charge < -0.3 is 4.90 Å². The third kappa shape index (κ3) is 3.74. The van der Waals surface area contributed by atoms with Gasteiger partial charge in [0.15, 0.2) is 0 Å². The molecule has 2 nitrogen and oxygen atoms in total. The molecule has 0 aliphatic heterocycles. The Bertz CT molecular complexity index is 136. The van der Waals surface area contributed by atoms with Gasteiger partial charge in [-0.3, -0.25) is 4.79 Å². The number of carbonyl (C=O) groups is 1. The Balaban J connectivity index is 4.02. The summed E-state index contributed by atoms with van der Waals surface area (Å²) in [6.07, 6.45) is 4.43. The number of nitrogens with zero attached hydrogens (tertiary/aromatic N) is 1. The first-order chi connectivity index (χ1) is 5.58. The second kappa shape index (κ2) is 5.18. The molecule has 0 bridgehead atoms. The summed E-state index contributed by atoms with van der Waals surface area (Å²) in [5.74, 6) is 0. The zero-order valence-electron chi connectivity index (χ0n) is 8.76. The standard InChI is InChI=1S/C10H21NO/c1-5-7-10(3,6-2)8-11(4)9-12/h9H,5-8H2,1-4H3. The van der Waals surface area contributed by atoms with E-state index in [9.17, 15) is 4.79 Å². The molecule has 12 heavy (non-hydrogen) atoms. The van der Waals surface area contributed by atoms with Gasteiger partial charge in [0.25, 0.3) is 0 Å². The van der Waals surface area contributed by atoms with E-state index in [1.165, 1.54) is 12.8 Å². The molecule has 0 radical (unpaired) electrons. The van der Waals surface area contributed by atoms with Crippen LogP contribution in [0, 0.1) is 5.41 Å². The fraction of sp³-hybridized carbons (Fsp3) is 0.900. The van der Waals surface area contributed by atoms with E-state index < -0.39 is 0 Å². The van der Waals surface area contributed by atoms with Crippen LogP contribution < -0.4 is 0 Å². The molecule has 0 rings (SSSR count). The van der Waals surface area contributed by atoms with Crippen LogP contribution in [0.4, 0.5) is 0 Å². The van der Waals surface area contributed by atoms with Gasteiger partial charge in [-0.15, -0.1) is 0 Å². The highest BCUT2D eigenvalue weighted by Crippen LogP contribution is 2.27. The average molecular weight is 171 g/mol. The zero-order chi connectivity index (χ0) is 9.61. The van der Waals surface area contributed by atoms with Crippen LogP contribution in [0.1, 0.15) is 40.0 Å². The summed E-state index contributed by atoms with van der Waals surface area (Å²) in [6, 6.07) is 0. The molecule has 0 fully saturated rings. The lowest BCUT2D eigenvalue weighted by molar-refractivity contribution is -0.118. The van der Waals surface area contributed by atoms with Crippen molar-refractivity contribution in [1.82, 2.24) is 4.90 Å². The van der Waals surface area contributed by atoms with Crippen molar-refractivity contribution in [2.45, 2.75) is 40.0 Å². The van der Waals surface area contributed by atoms with Crippen LogP contribution in [0.5, 0.6) is 0 Å². The summed E-state index contributed by atoms with van der Waals surface area (Å²) < 4.78 is 0. The molecule has 1 amide bonds. The molecule has 2 heteroatoms. The van der Waals surface area contributed by atoms with Gasteiger partial charge in [0.05, 0.1) is 0 Å². The summed E-state index contributed by atoms with van der Waals surface area (Å²) in [6.45, 7) is 7.50.